The molecule has 0 unspecified atom stereocenters. The van der Waals surface area contributed by atoms with Crippen molar-refractivity contribution in [2.45, 2.75) is 4.90 Å². The van der Waals surface area contributed by atoms with Crippen LogP contribution in [-0.2, 0) is 14.8 Å². The van der Waals surface area contributed by atoms with Crippen molar-refractivity contribution in [2.24, 2.45) is 0 Å². The second-order valence-corrected chi connectivity index (χ2v) is 6.89. The fourth-order valence-corrected chi connectivity index (χ4v) is 3.46. The van der Waals surface area contributed by atoms with Crippen molar-refractivity contribution in [3.63, 3.8) is 0 Å². The zero-order valence-electron chi connectivity index (χ0n) is 12.4. The molecule has 0 atom stereocenters. The topological polar surface area (TPSA) is 58.6 Å². The highest BCUT2D eigenvalue weighted by Crippen LogP contribution is 2.23. The number of sulfonamides is 1. The highest BCUT2D eigenvalue weighted by atomic mass is 32.2. The van der Waals surface area contributed by atoms with E-state index in [0.29, 0.717) is 18.9 Å². The molecule has 1 heterocycles. The van der Waals surface area contributed by atoms with E-state index in [2.05, 4.69) is 9.62 Å². The first-order chi connectivity index (χ1) is 11.0. The lowest BCUT2D eigenvalue weighted by Crippen LogP contribution is -2.36. The number of nitrogens with zero attached hydrogens (tertiary/aromatic N) is 1. The number of morpholine rings is 1. The summed E-state index contributed by atoms with van der Waals surface area (Å²) in [6, 6.07) is 11.9. The van der Waals surface area contributed by atoms with Crippen LogP contribution in [0.3, 0.4) is 0 Å². The molecule has 0 spiro atoms. The summed E-state index contributed by atoms with van der Waals surface area (Å²) in [7, 11) is -3.74. The third kappa shape index (κ3) is 3.80. The molecule has 122 valence electrons. The minimum Gasteiger partial charge on any atom is -0.378 e. The summed E-state index contributed by atoms with van der Waals surface area (Å²) < 4.78 is 45.4. The zero-order valence-corrected chi connectivity index (χ0v) is 13.2. The first-order valence-corrected chi connectivity index (χ1v) is 8.74. The van der Waals surface area contributed by atoms with Crippen LogP contribution >= 0.6 is 0 Å². The van der Waals surface area contributed by atoms with E-state index in [9.17, 15) is 12.8 Å². The van der Waals surface area contributed by atoms with E-state index in [0.717, 1.165) is 30.9 Å². The van der Waals surface area contributed by atoms with Gasteiger partial charge in [0.15, 0.2) is 0 Å². The summed E-state index contributed by atoms with van der Waals surface area (Å²) in [4.78, 5) is 2.16. The number of benzene rings is 2. The van der Waals surface area contributed by atoms with Crippen LogP contribution in [-0.4, -0.2) is 34.7 Å². The normalized spacial score (nSPS) is 15.4. The molecule has 2 aromatic carbocycles. The summed E-state index contributed by atoms with van der Waals surface area (Å²) in [6.07, 6.45) is 0. The Labute approximate surface area is 134 Å². The Balaban J connectivity index is 1.80. The number of halogens is 1. The van der Waals surface area contributed by atoms with Gasteiger partial charge in [0, 0.05) is 18.8 Å². The van der Waals surface area contributed by atoms with E-state index in [4.69, 9.17) is 4.74 Å². The molecule has 1 aliphatic heterocycles. The van der Waals surface area contributed by atoms with Gasteiger partial charge in [-0.2, -0.15) is 0 Å². The van der Waals surface area contributed by atoms with Crippen molar-refractivity contribution in [1.82, 2.24) is 0 Å². The summed E-state index contributed by atoms with van der Waals surface area (Å²) in [6.45, 7) is 2.86. The molecule has 0 aromatic heterocycles. The fraction of sp³-hybridized carbons (Fsp3) is 0.250. The van der Waals surface area contributed by atoms with Crippen molar-refractivity contribution in [2.75, 3.05) is 35.9 Å². The monoisotopic (exact) mass is 336 g/mol. The Morgan fingerprint density at radius 3 is 2.43 bits per heavy atom. The van der Waals surface area contributed by atoms with Crippen LogP contribution in [0.5, 0.6) is 0 Å². The molecule has 0 radical (unpaired) electrons. The molecule has 7 heteroatoms. The van der Waals surface area contributed by atoms with Gasteiger partial charge >= 0.3 is 0 Å². The van der Waals surface area contributed by atoms with Gasteiger partial charge in [-0.3, -0.25) is 4.72 Å². The minimum atomic E-state index is -3.74. The van der Waals surface area contributed by atoms with Gasteiger partial charge in [0.2, 0.25) is 0 Å². The predicted octanol–water partition coefficient (Wildman–Crippen LogP) is 2.46. The highest BCUT2D eigenvalue weighted by Gasteiger charge is 2.16. The van der Waals surface area contributed by atoms with Crippen LogP contribution < -0.4 is 9.62 Å². The maximum absolute atomic E-state index is 12.9. The van der Waals surface area contributed by atoms with Crippen LogP contribution in [0.4, 0.5) is 15.8 Å². The molecule has 0 amide bonds. The van der Waals surface area contributed by atoms with E-state index < -0.39 is 15.8 Å². The molecule has 1 aliphatic rings. The average Bonchev–Trinajstić information content (AvgIpc) is 2.56. The fourth-order valence-electron chi connectivity index (χ4n) is 2.42. The Morgan fingerprint density at radius 2 is 1.74 bits per heavy atom. The van der Waals surface area contributed by atoms with Crippen molar-refractivity contribution in [3.8, 4) is 0 Å². The number of hydrogen-bond acceptors (Lipinski definition) is 4. The molecular formula is C16H17FN2O3S. The molecule has 0 aliphatic carbocycles. The Morgan fingerprint density at radius 1 is 1.04 bits per heavy atom. The average molecular weight is 336 g/mol. The number of ether oxygens (including phenoxy) is 1. The molecule has 23 heavy (non-hydrogen) atoms. The van der Waals surface area contributed by atoms with Gasteiger partial charge in [-0.1, -0.05) is 6.07 Å². The molecule has 0 saturated carbocycles. The summed E-state index contributed by atoms with van der Waals surface area (Å²) in [5.41, 5.74) is 1.41. The molecular weight excluding hydrogens is 319 g/mol. The lowest BCUT2D eigenvalue weighted by atomic mass is 10.2. The Bertz CT molecular complexity index is 772. The van der Waals surface area contributed by atoms with Crippen LogP contribution in [0.2, 0.25) is 0 Å². The lowest BCUT2D eigenvalue weighted by Gasteiger charge is -2.29. The largest absolute Gasteiger partial charge is 0.378 e. The highest BCUT2D eigenvalue weighted by molar-refractivity contribution is 7.92. The van der Waals surface area contributed by atoms with Gasteiger partial charge in [-0.15, -0.1) is 0 Å². The molecule has 2 aromatic rings. The molecule has 0 bridgehead atoms. The minimum absolute atomic E-state index is 0.0238. The third-order valence-electron chi connectivity index (χ3n) is 3.60. The van der Waals surface area contributed by atoms with Gasteiger partial charge in [0.05, 0.1) is 23.8 Å². The second-order valence-electron chi connectivity index (χ2n) is 5.21. The lowest BCUT2D eigenvalue weighted by molar-refractivity contribution is 0.122. The van der Waals surface area contributed by atoms with Crippen molar-refractivity contribution < 1.29 is 17.5 Å². The zero-order chi connectivity index (χ0) is 16.3. The molecule has 3 rings (SSSR count). The smallest absolute Gasteiger partial charge is 0.261 e. The van der Waals surface area contributed by atoms with Gasteiger partial charge in [0.25, 0.3) is 10.0 Å². The predicted molar refractivity (Wildman–Crippen MR) is 86.7 cm³/mol. The van der Waals surface area contributed by atoms with Crippen LogP contribution in [0.15, 0.2) is 53.4 Å². The molecule has 1 N–H and O–H groups in total. The van der Waals surface area contributed by atoms with Gasteiger partial charge in [-0.25, -0.2) is 12.8 Å². The third-order valence-corrected chi connectivity index (χ3v) is 5.00. The van der Waals surface area contributed by atoms with Crippen LogP contribution in [0, 0.1) is 5.82 Å². The number of hydrogen-bond donors (Lipinski definition) is 1. The summed E-state index contributed by atoms with van der Waals surface area (Å²) >= 11 is 0. The van der Waals surface area contributed by atoms with Gasteiger partial charge in [-0.05, 0) is 42.5 Å². The van der Waals surface area contributed by atoms with E-state index >= 15 is 0 Å². The maximum atomic E-state index is 12.9. The number of anilines is 2. The van der Waals surface area contributed by atoms with Crippen LogP contribution in [0.25, 0.3) is 0 Å². The van der Waals surface area contributed by atoms with E-state index in [1.54, 1.807) is 18.2 Å². The second kappa shape index (κ2) is 6.55. The quantitative estimate of drug-likeness (QED) is 0.932. The Kier molecular flexibility index (Phi) is 4.49. The summed E-state index contributed by atoms with van der Waals surface area (Å²) in [5.74, 6) is -0.474. The first kappa shape index (κ1) is 15.8. The Hall–Kier alpha value is -2.12. The molecule has 1 saturated heterocycles. The van der Waals surface area contributed by atoms with E-state index in [-0.39, 0.29) is 4.90 Å². The standard InChI is InChI=1S/C16H17FN2O3S/c17-13-4-6-16(7-5-13)23(20,21)18-14-2-1-3-15(12-14)19-8-10-22-11-9-19/h1-7,12,18H,8-11H2. The van der Waals surface area contributed by atoms with E-state index in [1.807, 2.05) is 6.07 Å². The number of rotatable bonds is 4. The molecule has 1 fully saturated rings. The maximum Gasteiger partial charge on any atom is 0.261 e. The van der Waals surface area contributed by atoms with Gasteiger partial charge < -0.3 is 9.64 Å². The van der Waals surface area contributed by atoms with E-state index in [1.165, 1.54) is 12.1 Å². The van der Waals surface area contributed by atoms with Crippen molar-refractivity contribution >= 4 is 21.4 Å². The van der Waals surface area contributed by atoms with Gasteiger partial charge in [0.1, 0.15) is 5.82 Å². The van der Waals surface area contributed by atoms with Crippen molar-refractivity contribution in [3.05, 3.63) is 54.3 Å². The summed E-state index contributed by atoms with van der Waals surface area (Å²) in [5, 5.41) is 0. The van der Waals surface area contributed by atoms with Crippen LogP contribution in [0.1, 0.15) is 0 Å². The molecule has 5 nitrogen and oxygen atoms in total. The van der Waals surface area contributed by atoms with Crippen molar-refractivity contribution in [1.29, 1.82) is 0 Å². The first-order valence-electron chi connectivity index (χ1n) is 7.26. The number of nitrogens with one attached hydrogen (secondary N) is 1. The SMILES string of the molecule is O=S(=O)(Nc1cccc(N2CCOCC2)c1)c1ccc(F)cc1.